The van der Waals surface area contributed by atoms with E-state index in [-0.39, 0.29) is 16.9 Å². The fourth-order valence-corrected chi connectivity index (χ4v) is 2.04. The summed E-state index contributed by atoms with van der Waals surface area (Å²) >= 11 is 0. The Bertz CT molecular complexity index is 844. The molecule has 0 amide bonds. The van der Waals surface area contributed by atoms with Gasteiger partial charge in [-0.15, -0.1) is 0 Å². The zero-order chi connectivity index (χ0) is 18.8. The molecule has 2 aromatic rings. The average molecular weight is 368 g/mol. The van der Waals surface area contributed by atoms with Gasteiger partial charge in [0, 0.05) is 24.6 Å². The second kappa shape index (κ2) is 10.8. The summed E-state index contributed by atoms with van der Waals surface area (Å²) in [7, 11) is 0. The lowest BCUT2D eigenvalue weighted by atomic mass is 10.1. The van der Waals surface area contributed by atoms with Crippen molar-refractivity contribution >= 4 is 36.0 Å². The van der Waals surface area contributed by atoms with Crippen molar-refractivity contribution in [2.75, 3.05) is 0 Å². The molecule has 2 N–H and O–H groups in total. The molecule has 0 atom stereocenters. The van der Waals surface area contributed by atoms with E-state index in [2.05, 4.69) is 10.2 Å². The highest BCUT2D eigenvalue weighted by Gasteiger charge is 2.09. The lowest BCUT2D eigenvalue weighted by Crippen LogP contribution is -1.90. The number of nitro groups is 2. The molecule has 27 heavy (non-hydrogen) atoms. The largest absolute Gasteiger partial charge is 0.412 e. The molecular weight excluding hydrogens is 352 g/mol. The summed E-state index contributed by atoms with van der Waals surface area (Å²) in [6.07, 6.45) is 8.94. The molecule has 0 heterocycles. The maximum Gasteiger partial charge on any atom is 0.276 e. The van der Waals surface area contributed by atoms with E-state index in [1.807, 2.05) is 0 Å². The number of rotatable bonds is 7. The second-order valence-corrected chi connectivity index (χ2v) is 4.88. The van der Waals surface area contributed by atoms with Crippen LogP contribution < -0.4 is 0 Å². The predicted molar refractivity (Wildman–Crippen MR) is 105 cm³/mol. The third-order valence-corrected chi connectivity index (χ3v) is 3.19. The monoisotopic (exact) mass is 368 g/mol. The number of para-hydroxylation sites is 2. The van der Waals surface area contributed by atoms with Crippen molar-refractivity contribution in [3.63, 3.8) is 0 Å². The van der Waals surface area contributed by atoms with Crippen LogP contribution in [-0.4, -0.2) is 27.8 Å². The molecule has 9 nitrogen and oxygen atoms in total. The Morgan fingerprint density at radius 2 is 1.07 bits per heavy atom. The van der Waals surface area contributed by atoms with Crippen molar-refractivity contribution in [2.45, 2.75) is 0 Å². The molecule has 0 bridgehead atoms. The minimum Gasteiger partial charge on any atom is -0.412 e. The van der Waals surface area contributed by atoms with Crippen molar-refractivity contribution in [2.24, 2.45) is 10.2 Å². The van der Waals surface area contributed by atoms with Gasteiger partial charge in [0.15, 0.2) is 0 Å². The molecule has 0 spiro atoms. The fraction of sp³-hybridized carbons (Fsp3) is 0. The van der Waals surface area contributed by atoms with Crippen LogP contribution in [0.2, 0.25) is 0 Å². The molecule has 0 fully saturated rings. The van der Waals surface area contributed by atoms with Gasteiger partial charge in [-0.3, -0.25) is 20.2 Å². The Kier molecular flexibility index (Phi) is 8.42. The minimum atomic E-state index is -0.456. The summed E-state index contributed by atoms with van der Waals surface area (Å²) in [5.41, 5.74) is 0.939. The summed E-state index contributed by atoms with van der Waals surface area (Å²) in [5, 5.41) is 29.3. The van der Waals surface area contributed by atoms with Gasteiger partial charge in [-0.25, -0.2) is 0 Å². The van der Waals surface area contributed by atoms with Gasteiger partial charge in [-0.2, -0.15) is 10.2 Å². The van der Waals surface area contributed by atoms with E-state index < -0.39 is 9.85 Å². The quantitative estimate of drug-likeness (QED) is 0.419. The summed E-state index contributed by atoms with van der Waals surface area (Å²) in [5.74, 6) is 0. The van der Waals surface area contributed by atoms with E-state index >= 15 is 0 Å². The van der Waals surface area contributed by atoms with Crippen LogP contribution in [0.1, 0.15) is 11.1 Å². The summed E-state index contributed by atoms with van der Waals surface area (Å²) in [6.45, 7) is 0. The van der Waals surface area contributed by atoms with Gasteiger partial charge >= 0.3 is 0 Å². The Morgan fingerprint density at radius 3 is 1.44 bits per heavy atom. The van der Waals surface area contributed by atoms with Crippen LogP contribution in [0.3, 0.4) is 0 Å². The highest BCUT2D eigenvalue weighted by Crippen LogP contribution is 2.19. The third kappa shape index (κ3) is 6.44. The number of benzene rings is 2. The molecule has 138 valence electrons. The zero-order valence-electron chi connectivity index (χ0n) is 14.0. The smallest absolute Gasteiger partial charge is 0.276 e. The molecule has 0 aliphatic carbocycles. The van der Waals surface area contributed by atoms with Gasteiger partial charge in [0.25, 0.3) is 11.4 Å². The normalized spacial score (nSPS) is 11.4. The third-order valence-electron chi connectivity index (χ3n) is 3.19. The number of hydrogen-bond donors (Lipinski definition) is 0. The molecule has 2 rings (SSSR count). The first-order valence-electron chi connectivity index (χ1n) is 7.46. The van der Waals surface area contributed by atoms with E-state index in [0.29, 0.717) is 11.1 Å². The average Bonchev–Trinajstić information content (AvgIpc) is 2.64. The van der Waals surface area contributed by atoms with Gasteiger partial charge in [0.05, 0.1) is 21.0 Å². The van der Waals surface area contributed by atoms with Crippen molar-refractivity contribution in [3.8, 4) is 0 Å². The number of hydrogen-bond acceptors (Lipinski definition) is 6. The van der Waals surface area contributed by atoms with Gasteiger partial charge in [0.1, 0.15) is 0 Å². The molecular formula is C18H16N4O5. The Morgan fingerprint density at radius 1 is 0.704 bits per heavy atom. The molecule has 0 saturated heterocycles. The number of nitro benzene ring substituents is 2. The van der Waals surface area contributed by atoms with Crippen molar-refractivity contribution in [1.29, 1.82) is 0 Å². The molecule has 0 radical (unpaired) electrons. The highest BCUT2D eigenvalue weighted by atomic mass is 16.6. The Hall–Kier alpha value is -3.98. The van der Waals surface area contributed by atoms with E-state index in [4.69, 9.17) is 0 Å². The number of nitrogens with zero attached hydrogens (tertiary/aromatic N) is 4. The number of allylic oxidation sites excluding steroid dienone is 2. The van der Waals surface area contributed by atoms with Crippen molar-refractivity contribution in [3.05, 3.63) is 92.0 Å². The minimum absolute atomic E-state index is 0. The van der Waals surface area contributed by atoms with Gasteiger partial charge < -0.3 is 5.48 Å². The van der Waals surface area contributed by atoms with Crippen LogP contribution in [0, 0.1) is 20.2 Å². The molecule has 9 heteroatoms. The van der Waals surface area contributed by atoms with Crippen LogP contribution in [0.15, 0.2) is 70.9 Å². The maximum absolute atomic E-state index is 10.9. The second-order valence-electron chi connectivity index (χ2n) is 4.88. The van der Waals surface area contributed by atoms with Gasteiger partial charge in [-0.1, -0.05) is 24.3 Å². The molecule has 0 saturated carbocycles. The molecule has 0 unspecified atom stereocenters. The molecule has 0 aromatic heterocycles. The van der Waals surface area contributed by atoms with E-state index in [1.54, 1.807) is 48.6 Å². The lowest BCUT2D eigenvalue weighted by molar-refractivity contribution is -0.385. The first-order chi connectivity index (χ1) is 12.6. The van der Waals surface area contributed by atoms with Crippen LogP contribution in [0.5, 0.6) is 0 Å². The van der Waals surface area contributed by atoms with Crippen LogP contribution in [0.4, 0.5) is 11.4 Å². The van der Waals surface area contributed by atoms with Gasteiger partial charge in [0.2, 0.25) is 0 Å². The zero-order valence-corrected chi connectivity index (χ0v) is 14.0. The van der Waals surface area contributed by atoms with E-state index in [9.17, 15) is 20.2 Å². The van der Waals surface area contributed by atoms with Crippen molar-refractivity contribution < 1.29 is 15.3 Å². The van der Waals surface area contributed by atoms with Gasteiger partial charge in [-0.05, 0) is 36.4 Å². The van der Waals surface area contributed by atoms with Crippen molar-refractivity contribution in [1.82, 2.24) is 0 Å². The molecule has 0 aliphatic rings. The van der Waals surface area contributed by atoms with Crippen LogP contribution >= 0.6 is 0 Å². The maximum atomic E-state index is 10.9. The topological polar surface area (TPSA) is 142 Å². The Balaban J connectivity index is 0.00000364. The lowest BCUT2D eigenvalue weighted by Gasteiger charge is -1.95. The first kappa shape index (κ1) is 21.1. The molecule has 2 aromatic carbocycles. The molecule has 0 aliphatic heterocycles. The predicted octanol–water partition coefficient (Wildman–Crippen LogP) is 3.46. The summed E-state index contributed by atoms with van der Waals surface area (Å²) in [4.78, 5) is 20.8. The van der Waals surface area contributed by atoms with Crippen LogP contribution in [-0.2, 0) is 0 Å². The fourth-order valence-electron chi connectivity index (χ4n) is 2.04. The Labute approximate surface area is 154 Å². The van der Waals surface area contributed by atoms with E-state index in [1.165, 1.54) is 36.7 Å². The first-order valence-corrected chi connectivity index (χ1v) is 7.46. The standard InChI is InChI=1S/C18H14N4O4.H2O/c23-21(24)17-11-3-1-7-15(17)9-5-13-19-20-14-6-10-16-8-2-4-12-18(16)22(25)26;/h1-14H;1H2/b9-5+,10-6+,19-13+,20-14+;. The SMILES string of the molecule is O.O=[N+]([O-])c1ccccc1/C=C/C=N/N=C/C=C/c1ccccc1[N+](=O)[O-]. The highest BCUT2D eigenvalue weighted by molar-refractivity contribution is 5.82. The summed E-state index contributed by atoms with van der Waals surface area (Å²) < 4.78 is 0. The summed E-state index contributed by atoms with van der Waals surface area (Å²) in [6, 6.07) is 12.7. The van der Waals surface area contributed by atoms with E-state index in [0.717, 1.165) is 0 Å². The van der Waals surface area contributed by atoms with Crippen LogP contribution in [0.25, 0.3) is 12.2 Å².